The van der Waals surface area contributed by atoms with E-state index in [1.54, 1.807) is 6.20 Å². The third kappa shape index (κ3) is 1.52. The van der Waals surface area contributed by atoms with Crippen LogP contribution < -0.4 is 5.32 Å². The zero-order valence-electron chi connectivity index (χ0n) is 9.12. The number of nitrogens with zero attached hydrogens (tertiary/aromatic N) is 1. The highest BCUT2D eigenvalue weighted by molar-refractivity contribution is 9.10. The number of ketones is 1. The van der Waals surface area contributed by atoms with Gasteiger partial charge in [-0.15, -0.1) is 0 Å². The minimum absolute atomic E-state index is 0.00870. The van der Waals surface area contributed by atoms with E-state index in [4.69, 9.17) is 0 Å². The summed E-state index contributed by atoms with van der Waals surface area (Å²) in [5.74, 6) is 0.236. The van der Waals surface area contributed by atoms with Gasteiger partial charge in [0.05, 0.1) is 16.8 Å². The van der Waals surface area contributed by atoms with Crippen LogP contribution in [0.5, 0.6) is 0 Å². The first-order valence-corrected chi connectivity index (χ1v) is 6.40. The summed E-state index contributed by atoms with van der Waals surface area (Å²) in [7, 11) is 0. The lowest BCUT2D eigenvalue weighted by Crippen LogP contribution is -2.38. The maximum absolute atomic E-state index is 12.1. The monoisotopic (exact) mass is 294 g/mol. The Hall–Kier alpha value is -1.23. The van der Waals surface area contributed by atoms with E-state index in [2.05, 4.69) is 26.2 Å². The standard InChI is InChI=1S/C12H11BrN2O2/c13-7-5-9-10(14-6-7)12(11(17)15-9)3-1-8(16)2-4-12/h5-6H,1-4H2,(H,15,17). The fourth-order valence-corrected chi connectivity index (χ4v) is 3.02. The van der Waals surface area contributed by atoms with Gasteiger partial charge in [0.2, 0.25) is 5.91 Å². The predicted octanol–water partition coefficient (Wildman–Crippen LogP) is 2.18. The molecule has 0 atom stereocenters. The van der Waals surface area contributed by atoms with Crippen molar-refractivity contribution in [3.8, 4) is 0 Å². The number of aromatic nitrogens is 1. The van der Waals surface area contributed by atoms with Gasteiger partial charge in [0, 0.05) is 23.5 Å². The number of hydrogen-bond donors (Lipinski definition) is 1. The van der Waals surface area contributed by atoms with Crippen molar-refractivity contribution in [2.75, 3.05) is 5.32 Å². The Morgan fingerprint density at radius 2 is 2.00 bits per heavy atom. The number of amides is 1. The van der Waals surface area contributed by atoms with Gasteiger partial charge < -0.3 is 5.32 Å². The van der Waals surface area contributed by atoms with Crippen LogP contribution in [-0.4, -0.2) is 16.7 Å². The third-order valence-corrected chi connectivity index (χ3v) is 4.09. The first kappa shape index (κ1) is 10.9. The maximum Gasteiger partial charge on any atom is 0.236 e. The molecule has 1 aliphatic carbocycles. The number of halogens is 1. The molecule has 1 saturated carbocycles. The van der Waals surface area contributed by atoms with Crippen molar-refractivity contribution in [3.63, 3.8) is 0 Å². The molecular formula is C12H11BrN2O2. The summed E-state index contributed by atoms with van der Waals surface area (Å²) in [6.45, 7) is 0. The van der Waals surface area contributed by atoms with Gasteiger partial charge in [0.15, 0.2) is 0 Å². The van der Waals surface area contributed by atoms with Gasteiger partial charge in [-0.05, 0) is 34.8 Å². The Balaban J connectivity index is 2.07. The number of nitrogens with one attached hydrogen (secondary N) is 1. The highest BCUT2D eigenvalue weighted by Crippen LogP contribution is 2.45. The molecule has 3 rings (SSSR count). The molecule has 5 heteroatoms. The van der Waals surface area contributed by atoms with Crippen LogP contribution in [0.25, 0.3) is 0 Å². The highest BCUT2D eigenvalue weighted by Gasteiger charge is 2.49. The topological polar surface area (TPSA) is 59.1 Å². The fourth-order valence-electron chi connectivity index (χ4n) is 2.68. The molecule has 2 aliphatic rings. The summed E-state index contributed by atoms with van der Waals surface area (Å²) in [5, 5.41) is 2.87. The second-order valence-corrected chi connectivity index (χ2v) is 5.54. The molecule has 4 nitrogen and oxygen atoms in total. The van der Waals surface area contributed by atoms with E-state index in [1.165, 1.54) is 0 Å². The number of fused-ring (bicyclic) bond motifs is 2. The molecule has 1 aromatic heterocycles. The Labute approximate surface area is 107 Å². The van der Waals surface area contributed by atoms with Crippen molar-refractivity contribution in [1.29, 1.82) is 0 Å². The van der Waals surface area contributed by atoms with Gasteiger partial charge in [-0.2, -0.15) is 0 Å². The molecule has 0 radical (unpaired) electrons. The molecule has 1 aromatic rings. The van der Waals surface area contributed by atoms with E-state index in [1.807, 2.05) is 6.07 Å². The second kappa shape index (κ2) is 3.63. The van der Waals surface area contributed by atoms with E-state index in [0.29, 0.717) is 25.7 Å². The lowest BCUT2D eigenvalue weighted by atomic mass is 9.72. The summed E-state index contributed by atoms with van der Waals surface area (Å²) in [6, 6.07) is 1.87. The fraction of sp³-hybridized carbons (Fsp3) is 0.417. The number of carbonyl (C=O) groups excluding carboxylic acids is 2. The molecular weight excluding hydrogens is 284 g/mol. The summed E-state index contributed by atoms with van der Waals surface area (Å²) in [4.78, 5) is 27.8. The average Bonchev–Trinajstić information content (AvgIpc) is 2.55. The molecule has 1 N–H and O–H groups in total. The van der Waals surface area contributed by atoms with Crippen LogP contribution in [0.15, 0.2) is 16.7 Å². The molecule has 0 saturated heterocycles. The van der Waals surface area contributed by atoms with E-state index >= 15 is 0 Å². The first-order chi connectivity index (χ1) is 8.12. The van der Waals surface area contributed by atoms with Gasteiger partial charge in [-0.3, -0.25) is 14.6 Å². The molecule has 1 fully saturated rings. The summed E-state index contributed by atoms with van der Waals surface area (Å²) < 4.78 is 0.848. The van der Waals surface area contributed by atoms with Crippen molar-refractivity contribution in [2.45, 2.75) is 31.1 Å². The van der Waals surface area contributed by atoms with Crippen LogP contribution >= 0.6 is 15.9 Å². The van der Waals surface area contributed by atoms with E-state index in [0.717, 1.165) is 15.9 Å². The number of rotatable bonds is 0. The zero-order chi connectivity index (χ0) is 12.0. The molecule has 17 heavy (non-hydrogen) atoms. The van der Waals surface area contributed by atoms with Crippen LogP contribution in [0.2, 0.25) is 0 Å². The number of hydrogen-bond acceptors (Lipinski definition) is 3. The SMILES string of the molecule is O=C1CCC2(CC1)C(=O)Nc1cc(Br)cnc12. The Bertz CT molecular complexity index is 517. The molecule has 1 amide bonds. The van der Waals surface area contributed by atoms with E-state index in [-0.39, 0.29) is 11.7 Å². The van der Waals surface area contributed by atoms with Gasteiger partial charge in [0.1, 0.15) is 5.78 Å². The van der Waals surface area contributed by atoms with Crippen molar-refractivity contribution >= 4 is 33.3 Å². The molecule has 0 bridgehead atoms. The second-order valence-electron chi connectivity index (χ2n) is 4.62. The number of anilines is 1. The normalized spacial score (nSPS) is 21.5. The number of Topliss-reactive ketones (excluding diaryl/α,β-unsaturated/α-hetero) is 1. The van der Waals surface area contributed by atoms with Crippen molar-refractivity contribution < 1.29 is 9.59 Å². The van der Waals surface area contributed by atoms with E-state index in [9.17, 15) is 9.59 Å². The van der Waals surface area contributed by atoms with E-state index < -0.39 is 5.41 Å². The van der Waals surface area contributed by atoms with Gasteiger partial charge in [-0.1, -0.05) is 0 Å². The Morgan fingerprint density at radius 1 is 1.29 bits per heavy atom. The molecule has 2 heterocycles. The van der Waals surface area contributed by atoms with Crippen LogP contribution in [0.3, 0.4) is 0 Å². The Kier molecular flexibility index (Phi) is 2.33. The molecule has 0 unspecified atom stereocenters. The maximum atomic E-state index is 12.1. The number of pyridine rings is 1. The summed E-state index contributed by atoms with van der Waals surface area (Å²) >= 11 is 3.34. The lowest BCUT2D eigenvalue weighted by molar-refractivity contribution is -0.126. The molecule has 0 aromatic carbocycles. The third-order valence-electron chi connectivity index (χ3n) is 3.65. The molecule has 88 valence electrons. The van der Waals surface area contributed by atoms with Gasteiger partial charge >= 0.3 is 0 Å². The minimum Gasteiger partial charge on any atom is -0.324 e. The van der Waals surface area contributed by atoms with Crippen molar-refractivity contribution in [3.05, 3.63) is 22.4 Å². The first-order valence-electron chi connectivity index (χ1n) is 5.61. The van der Waals surface area contributed by atoms with Crippen LogP contribution in [0.4, 0.5) is 5.69 Å². The average molecular weight is 295 g/mol. The summed E-state index contributed by atoms with van der Waals surface area (Å²) in [5.41, 5.74) is 1.01. The minimum atomic E-state index is -0.566. The van der Waals surface area contributed by atoms with Crippen LogP contribution in [0, 0.1) is 0 Å². The molecule has 1 spiro atoms. The van der Waals surface area contributed by atoms with Gasteiger partial charge in [0.25, 0.3) is 0 Å². The highest BCUT2D eigenvalue weighted by atomic mass is 79.9. The quantitative estimate of drug-likeness (QED) is 0.798. The smallest absolute Gasteiger partial charge is 0.236 e. The van der Waals surface area contributed by atoms with Crippen molar-refractivity contribution in [2.24, 2.45) is 0 Å². The lowest BCUT2D eigenvalue weighted by Gasteiger charge is -2.29. The largest absolute Gasteiger partial charge is 0.324 e. The molecule has 1 aliphatic heterocycles. The zero-order valence-corrected chi connectivity index (χ0v) is 10.7. The predicted molar refractivity (Wildman–Crippen MR) is 65.7 cm³/mol. The van der Waals surface area contributed by atoms with Crippen molar-refractivity contribution in [1.82, 2.24) is 4.98 Å². The summed E-state index contributed by atoms with van der Waals surface area (Å²) in [6.07, 6.45) is 3.82. The Morgan fingerprint density at radius 3 is 2.71 bits per heavy atom. The van der Waals surface area contributed by atoms with Gasteiger partial charge in [-0.25, -0.2) is 0 Å². The number of carbonyl (C=O) groups is 2. The van der Waals surface area contributed by atoms with Crippen LogP contribution in [0.1, 0.15) is 31.4 Å². The van der Waals surface area contributed by atoms with Crippen LogP contribution in [-0.2, 0) is 15.0 Å².